The van der Waals surface area contributed by atoms with Crippen molar-refractivity contribution < 1.29 is 28.5 Å². The van der Waals surface area contributed by atoms with Crippen LogP contribution < -0.4 is 29.1 Å². The van der Waals surface area contributed by atoms with Gasteiger partial charge >= 0.3 is 0 Å². The summed E-state index contributed by atoms with van der Waals surface area (Å²) < 4.78 is 27.1. The van der Waals surface area contributed by atoms with E-state index in [4.69, 9.17) is 23.7 Å². The molecule has 3 rings (SSSR count). The van der Waals surface area contributed by atoms with Gasteiger partial charge in [-0.25, -0.2) is 5.43 Å². The fraction of sp³-hybridized carbons (Fsp3) is 0.222. The van der Waals surface area contributed by atoms with Crippen molar-refractivity contribution in [3.8, 4) is 28.7 Å². The second-order valence-electron chi connectivity index (χ2n) is 5.34. The normalized spacial score (nSPS) is 12.1. The number of amides is 1. The molecule has 1 aliphatic rings. The van der Waals surface area contributed by atoms with Crippen LogP contribution in [0.15, 0.2) is 33.8 Å². The number of hydrogen-bond donors (Lipinski definition) is 1. The second kappa shape index (κ2) is 8.17. The van der Waals surface area contributed by atoms with Crippen LogP contribution in [-0.2, 0) is 0 Å². The standard InChI is InChI=1S/C18H17BrN2O6/c1-23-15-4-10(5-16(24-2)17(15)25-3)18(22)21-20-8-11-6-13-14(7-12(11)19)27-9-26-13/h4-8H,9H2,1-3H3,(H,21,22)/b20-8+. The quantitative estimate of drug-likeness (QED) is 0.553. The molecule has 0 aliphatic carbocycles. The fourth-order valence-electron chi connectivity index (χ4n) is 2.47. The molecule has 8 nitrogen and oxygen atoms in total. The predicted molar refractivity (Wildman–Crippen MR) is 101 cm³/mol. The molecule has 0 radical (unpaired) electrons. The minimum atomic E-state index is -0.428. The van der Waals surface area contributed by atoms with Crippen molar-refractivity contribution in [3.05, 3.63) is 39.9 Å². The van der Waals surface area contributed by atoms with E-state index in [1.165, 1.54) is 27.5 Å². The summed E-state index contributed by atoms with van der Waals surface area (Å²) in [5.41, 5.74) is 3.51. The first-order valence-corrected chi connectivity index (χ1v) is 8.59. The van der Waals surface area contributed by atoms with E-state index >= 15 is 0 Å². The molecular formula is C18H17BrN2O6. The van der Waals surface area contributed by atoms with E-state index in [1.54, 1.807) is 24.3 Å². The van der Waals surface area contributed by atoms with Crippen LogP contribution in [0, 0.1) is 0 Å². The lowest BCUT2D eigenvalue weighted by Crippen LogP contribution is -2.18. The minimum absolute atomic E-state index is 0.181. The lowest BCUT2D eigenvalue weighted by atomic mass is 10.1. The summed E-state index contributed by atoms with van der Waals surface area (Å²) in [7, 11) is 4.45. The van der Waals surface area contributed by atoms with Crippen molar-refractivity contribution >= 4 is 28.1 Å². The highest BCUT2D eigenvalue weighted by atomic mass is 79.9. The topological polar surface area (TPSA) is 87.6 Å². The molecule has 1 N–H and O–H groups in total. The Morgan fingerprint density at radius 1 is 1.07 bits per heavy atom. The van der Waals surface area contributed by atoms with Gasteiger partial charge in [0.1, 0.15) is 0 Å². The van der Waals surface area contributed by atoms with Gasteiger partial charge in [-0.2, -0.15) is 5.10 Å². The first kappa shape index (κ1) is 18.8. The molecule has 0 saturated heterocycles. The third kappa shape index (κ3) is 3.92. The number of benzene rings is 2. The third-order valence-electron chi connectivity index (χ3n) is 3.79. The highest BCUT2D eigenvalue weighted by Crippen LogP contribution is 2.38. The first-order chi connectivity index (χ1) is 13.1. The van der Waals surface area contributed by atoms with Crippen LogP contribution in [0.1, 0.15) is 15.9 Å². The van der Waals surface area contributed by atoms with Gasteiger partial charge in [0.15, 0.2) is 23.0 Å². The number of nitrogens with zero attached hydrogens (tertiary/aromatic N) is 1. The first-order valence-electron chi connectivity index (χ1n) is 7.80. The van der Waals surface area contributed by atoms with E-state index in [-0.39, 0.29) is 6.79 Å². The number of ether oxygens (including phenoxy) is 5. The number of hydrogen-bond acceptors (Lipinski definition) is 7. The number of nitrogens with one attached hydrogen (secondary N) is 1. The summed E-state index contributed by atoms with van der Waals surface area (Å²) in [6.45, 7) is 0.181. The van der Waals surface area contributed by atoms with Crippen molar-refractivity contribution in [3.63, 3.8) is 0 Å². The van der Waals surface area contributed by atoms with Crippen LogP contribution in [0.4, 0.5) is 0 Å². The molecule has 27 heavy (non-hydrogen) atoms. The van der Waals surface area contributed by atoms with Gasteiger partial charge in [0, 0.05) is 15.6 Å². The molecule has 1 amide bonds. The lowest BCUT2D eigenvalue weighted by Gasteiger charge is -2.13. The summed E-state index contributed by atoms with van der Waals surface area (Å²) in [4.78, 5) is 12.4. The van der Waals surface area contributed by atoms with Crippen LogP contribution in [0.3, 0.4) is 0 Å². The Kier molecular flexibility index (Phi) is 5.70. The van der Waals surface area contributed by atoms with Crippen LogP contribution in [0.25, 0.3) is 0 Å². The van der Waals surface area contributed by atoms with Crippen LogP contribution in [0.2, 0.25) is 0 Å². The summed E-state index contributed by atoms with van der Waals surface area (Å²) in [5, 5.41) is 3.99. The van der Waals surface area contributed by atoms with E-state index < -0.39 is 5.91 Å². The molecule has 0 saturated carbocycles. The maximum atomic E-state index is 12.4. The summed E-state index contributed by atoms with van der Waals surface area (Å²) in [6, 6.07) is 6.64. The van der Waals surface area contributed by atoms with Gasteiger partial charge in [-0.15, -0.1) is 0 Å². The maximum Gasteiger partial charge on any atom is 0.271 e. The van der Waals surface area contributed by atoms with Crippen LogP contribution in [0.5, 0.6) is 28.7 Å². The van der Waals surface area contributed by atoms with Crippen molar-refractivity contribution in [1.29, 1.82) is 0 Å². The number of carbonyl (C=O) groups is 1. The van der Waals surface area contributed by atoms with Crippen LogP contribution in [-0.4, -0.2) is 40.2 Å². The smallest absolute Gasteiger partial charge is 0.271 e. The molecule has 2 aromatic rings. The minimum Gasteiger partial charge on any atom is -0.493 e. The predicted octanol–water partition coefficient (Wildman–Crippen LogP) is 2.97. The van der Waals surface area contributed by atoms with Gasteiger partial charge in [-0.3, -0.25) is 4.79 Å². The molecule has 1 heterocycles. The molecular weight excluding hydrogens is 420 g/mol. The van der Waals surface area contributed by atoms with Gasteiger partial charge in [-0.05, 0) is 40.2 Å². The van der Waals surface area contributed by atoms with Gasteiger partial charge in [0.05, 0.1) is 27.5 Å². The molecule has 0 spiro atoms. The van der Waals surface area contributed by atoms with Gasteiger partial charge < -0.3 is 23.7 Å². The Bertz CT molecular complexity index is 875. The number of hydrazone groups is 1. The average molecular weight is 437 g/mol. The molecule has 0 aromatic heterocycles. The number of methoxy groups -OCH3 is 3. The Balaban J connectivity index is 1.77. The Morgan fingerprint density at radius 3 is 2.30 bits per heavy atom. The largest absolute Gasteiger partial charge is 0.493 e. The van der Waals surface area contributed by atoms with E-state index in [0.29, 0.717) is 34.3 Å². The molecule has 2 aromatic carbocycles. The molecule has 0 unspecified atom stereocenters. The summed E-state index contributed by atoms with van der Waals surface area (Å²) in [6.07, 6.45) is 1.50. The highest BCUT2D eigenvalue weighted by molar-refractivity contribution is 9.10. The van der Waals surface area contributed by atoms with Crippen molar-refractivity contribution in [1.82, 2.24) is 5.43 Å². The zero-order valence-electron chi connectivity index (χ0n) is 14.9. The van der Waals surface area contributed by atoms with Crippen molar-refractivity contribution in [2.75, 3.05) is 28.1 Å². The second-order valence-corrected chi connectivity index (χ2v) is 6.19. The Hall–Kier alpha value is -2.94. The Labute approximate surface area is 164 Å². The highest BCUT2D eigenvalue weighted by Gasteiger charge is 2.17. The van der Waals surface area contributed by atoms with E-state index in [1.807, 2.05) is 0 Å². The number of halogens is 1. The molecule has 0 fully saturated rings. The zero-order chi connectivity index (χ0) is 19.4. The average Bonchev–Trinajstić information content (AvgIpc) is 3.13. The number of rotatable bonds is 6. The molecule has 1 aliphatic heterocycles. The number of fused-ring (bicyclic) bond motifs is 1. The van der Waals surface area contributed by atoms with Crippen molar-refractivity contribution in [2.45, 2.75) is 0 Å². The van der Waals surface area contributed by atoms with E-state index in [9.17, 15) is 4.79 Å². The lowest BCUT2D eigenvalue weighted by molar-refractivity contribution is 0.0954. The zero-order valence-corrected chi connectivity index (χ0v) is 16.5. The van der Waals surface area contributed by atoms with Gasteiger partial charge in [0.25, 0.3) is 5.91 Å². The summed E-state index contributed by atoms with van der Waals surface area (Å²) >= 11 is 3.43. The third-order valence-corrected chi connectivity index (χ3v) is 4.48. The Morgan fingerprint density at radius 2 is 1.70 bits per heavy atom. The number of carbonyl (C=O) groups excluding carboxylic acids is 1. The van der Waals surface area contributed by atoms with Gasteiger partial charge in [-0.1, -0.05) is 0 Å². The molecule has 0 bridgehead atoms. The fourth-order valence-corrected chi connectivity index (χ4v) is 2.89. The summed E-state index contributed by atoms with van der Waals surface area (Å²) in [5.74, 6) is 2.01. The molecule has 0 atom stereocenters. The van der Waals surface area contributed by atoms with E-state index in [2.05, 4.69) is 26.5 Å². The van der Waals surface area contributed by atoms with E-state index in [0.717, 1.165) is 10.0 Å². The monoisotopic (exact) mass is 436 g/mol. The molecule has 142 valence electrons. The van der Waals surface area contributed by atoms with Crippen LogP contribution >= 0.6 is 15.9 Å². The SMILES string of the molecule is COc1cc(C(=O)N/N=C/c2cc3c(cc2Br)OCO3)cc(OC)c1OC. The maximum absolute atomic E-state index is 12.4. The van der Waals surface area contributed by atoms with Gasteiger partial charge in [0.2, 0.25) is 12.5 Å². The van der Waals surface area contributed by atoms with Crippen molar-refractivity contribution in [2.24, 2.45) is 5.10 Å². The molecule has 9 heteroatoms.